The summed E-state index contributed by atoms with van der Waals surface area (Å²) in [4.78, 5) is 16.9. The number of rotatable bonds is 4. The Morgan fingerprint density at radius 1 is 1.21 bits per heavy atom. The van der Waals surface area contributed by atoms with Crippen molar-refractivity contribution in [1.29, 1.82) is 0 Å². The van der Waals surface area contributed by atoms with E-state index < -0.39 is 5.97 Å². The van der Waals surface area contributed by atoms with E-state index in [4.69, 9.17) is 4.74 Å². The number of methoxy groups -OCH3 is 1. The average molecular weight is 321 g/mol. The predicted octanol–water partition coefficient (Wildman–Crippen LogP) is 4.56. The Labute approximate surface area is 139 Å². The van der Waals surface area contributed by atoms with Crippen LogP contribution in [0.15, 0.2) is 61.2 Å². The molecule has 24 heavy (non-hydrogen) atoms. The smallest absolute Gasteiger partial charge is 0.340 e. The molecule has 3 nitrogen and oxygen atoms in total. The van der Waals surface area contributed by atoms with Crippen LogP contribution in [0.4, 0.5) is 4.39 Å². The molecule has 0 unspecified atom stereocenters. The van der Waals surface area contributed by atoms with Crippen LogP contribution in [0.2, 0.25) is 0 Å². The maximum Gasteiger partial charge on any atom is 0.340 e. The van der Waals surface area contributed by atoms with E-state index in [0.717, 1.165) is 5.56 Å². The zero-order chi connectivity index (χ0) is 17.1. The first-order valence-electron chi connectivity index (χ1n) is 7.52. The van der Waals surface area contributed by atoms with Gasteiger partial charge >= 0.3 is 5.97 Å². The van der Waals surface area contributed by atoms with Gasteiger partial charge in [-0.15, -0.1) is 6.58 Å². The van der Waals surface area contributed by atoms with Crippen LogP contribution in [0.1, 0.15) is 16.1 Å². The average Bonchev–Trinajstić information content (AvgIpc) is 2.61. The number of aromatic nitrogens is 1. The fourth-order valence-corrected chi connectivity index (χ4v) is 2.77. The summed E-state index contributed by atoms with van der Waals surface area (Å²) in [7, 11) is 1.32. The van der Waals surface area contributed by atoms with Crippen molar-refractivity contribution in [2.75, 3.05) is 7.11 Å². The first kappa shape index (κ1) is 15.9. The van der Waals surface area contributed by atoms with Crippen LogP contribution in [-0.2, 0) is 11.2 Å². The topological polar surface area (TPSA) is 39.2 Å². The lowest BCUT2D eigenvalue weighted by Gasteiger charge is -2.14. The summed E-state index contributed by atoms with van der Waals surface area (Å²) in [5, 5.41) is 1.20. The lowest BCUT2D eigenvalue weighted by atomic mass is 9.97. The van der Waals surface area contributed by atoms with Gasteiger partial charge in [-0.1, -0.05) is 42.5 Å². The van der Waals surface area contributed by atoms with E-state index in [-0.39, 0.29) is 5.82 Å². The highest BCUT2D eigenvalue weighted by Gasteiger charge is 2.20. The van der Waals surface area contributed by atoms with Gasteiger partial charge in [0.05, 0.1) is 24.1 Å². The van der Waals surface area contributed by atoms with Gasteiger partial charge in [-0.05, 0) is 12.1 Å². The second-order valence-corrected chi connectivity index (χ2v) is 5.32. The van der Waals surface area contributed by atoms with E-state index in [0.29, 0.717) is 34.1 Å². The third-order valence-electron chi connectivity index (χ3n) is 3.82. The lowest BCUT2D eigenvalue weighted by Crippen LogP contribution is -2.10. The number of carbonyl (C=O) groups excluding carboxylic acids is 1. The van der Waals surface area contributed by atoms with Gasteiger partial charge < -0.3 is 4.74 Å². The Morgan fingerprint density at radius 3 is 2.62 bits per heavy atom. The number of carbonyl (C=O) groups is 1. The van der Waals surface area contributed by atoms with Crippen LogP contribution < -0.4 is 0 Å². The molecule has 0 atom stereocenters. The number of ether oxygens (including phenoxy) is 1. The van der Waals surface area contributed by atoms with Crippen molar-refractivity contribution in [3.8, 4) is 11.3 Å². The number of nitrogens with zero attached hydrogens (tertiary/aromatic N) is 1. The summed E-state index contributed by atoms with van der Waals surface area (Å²) in [5.41, 5.74) is 2.41. The van der Waals surface area contributed by atoms with Crippen molar-refractivity contribution in [3.63, 3.8) is 0 Å². The number of hydrogen-bond acceptors (Lipinski definition) is 3. The number of pyridine rings is 1. The van der Waals surface area contributed by atoms with Gasteiger partial charge in [0.1, 0.15) is 5.82 Å². The van der Waals surface area contributed by atoms with E-state index in [9.17, 15) is 9.18 Å². The Kier molecular flexibility index (Phi) is 4.38. The lowest BCUT2D eigenvalue weighted by molar-refractivity contribution is 0.0601. The molecular formula is C20H16FNO2. The number of halogens is 1. The van der Waals surface area contributed by atoms with Crippen LogP contribution >= 0.6 is 0 Å². The molecule has 0 saturated heterocycles. The molecule has 120 valence electrons. The maximum atomic E-state index is 13.8. The minimum atomic E-state index is -0.490. The molecule has 0 radical (unpaired) electrons. The molecule has 4 heteroatoms. The third kappa shape index (κ3) is 2.78. The van der Waals surface area contributed by atoms with Gasteiger partial charge in [-0.25, -0.2) is 9.18 Å². The summed E-state index contributed by atoms with van der Waals surface area (Å²) in [6.07, 6.45) is 2.09. The second-order valence-electron chi connectivity index (χ2n) is 5.32. The Hall–Kier alpha value is -3.01. The molecular weight excluding hydrogens is 305 g/mol. The molecule has 0 aliphatic rings. The van der Waals surface area contributed by atoms with Crippen molar-refractivity contribution >= 4 is 16.7 Å². The highest BCUT2D eigenvalue weighted by Crippen LogP contribution is 2.32. The number of hydrogen-bond donors (Lipinski definition) is 0. The molecule has 0 aliphatic carbocycles. The van der Waals surface area contributed by atoms with Crippen molar-refractivity contribution in [1.82, 2.24) is 4.98 Å². The fourth-order valence-electron chi connectivity index (χ4n) is 2.77. The van der Waals surface area contributed by atoms with E-state index in [1.807, 2.05) is 30.3 Å². The highest BCUT2D eigenvalue weighted by atomic mass is 19.1. The summed E-state index contributed by atoms with van der Waals surface area (Å²) in [5.74, 6) is -0.871. The van der Waals surface area contributed by atoms with Crippen molar-refractivity contribution in [2.24, 2.45) is 0 Å². The van der Waals surface area contributed by atoms with Crippen LogP contribution in [-0.4, -0.2) is 18.1 Å². The number of allylic oxidation sites excluding steroid dienone is 1. The summed E-state index contributed by atoms with van der Waals surface area (Å²) in [6, 6.07) is 13.8. The summed E-state index contributed by atoms with van der Waals surface area (Å²) < 4.78 is 18.7. The molecule has 1 aromatic heterocycles. The molecule has 0 aliphatic heterocycles. The quantitative estimate of drug-likeness (QED) is 0.522. The highest BCUT2D eigenvalue weighted by molar-refractivity contribution is 6.09. The van der Waals surface area contributed by atoms with Gasteiger partial charge in [0, 0.05) is 22.8 Å². The number of fused-ring (bicyclic) bond motifs is 1. The fraction of sp³-hybridized carbons (Fsp3) is 0.100. The Bertz CT molecular complexity index is 920. The van der Waals surface area contributed by atoms with Crippen LogP contribution in [0.5, 0.6) is 0 Å². The Morgan fingerprint density at radius 2 is 1.96 bits per heavy atom. The molecule has 0 fully saturated rings. The summed E-state index contributed by atoms with van der Waals surface area (Å²) in [6.45, 7) is 3.73. The molecule has 0 amide bonds. The predicted molar refractivity (Wildman–Crippen MR) is 92.4 cm³/mol. The number of esters is 1. The molecule has 0 saturated carbocycles. The van der Waals surface area contributed by atoms with Gasteiger partial charge in [-0.2, -0.15) is 0 Å². The summed E-state index contributed by atoms with van der Waals surface area (Å²) >= 11 is 0. The Balaban J connectivity index is 2.42. The second kappa shape index (κ2) is 6.62. The maximum absolute atomic E-state index is 13.8. The van der Waals surface area contributed by atoms with Gasteiger partial charge in [-0.3, -0.25) is 4.98 Å². The van der Waals surface area contributed by atoms with Gasteiger partial charge in [0.2, 0.25) is 0 Å². The zero-order valence-corrected chi connectivity index (χ0v) is 13.3. The molecule has 3 rings (SSSR count). The monoisotopic (exact) mass is 321 g/mol. The molecule has 1 heterocycles. The van der Waals surface area contributed by atoms with E-state index in [1.54, 1.807) is 12.1 Å². The van der Waals surface area contributed by atoms with Crippen LogP contribution in [0.3, 0.4) is 0 Å². The standard InChI is InChI=1S/C20H16FNO2/c1-3-7-17-18(20(23)24-2)15-11-10-14(21)12-16(15)19(22-17)13-8-5-4-6-9-13/h3-6,8-12H,1,7H2,2H3. The first-order chi connectivity index (χ1) is 11.7. The largest absolute Gasteiger partial charge is 0.465 e. The number of benzene rings is 2. The van der Waals surface area contributed by atoms with Crippen molar-refractivity contribution < 1.29 is 13.9 Å². The van der Waals surface area contributed by atoms with Gasteiger partial charge in [0.25, 0.3) is 0 Å². The normalized spacial score (nSPS) is 10.6. The molecule has 0 N–H and O–H groups in total. The van der Waals surface area contributed by atoms with E-state index >= 15 is 0 Å². The minimum Gasteiger partial charge on any atom is -0.465 e. The van der Waals surface area contributed by atoms with Crippen LogP contribution in [0, 0.1) is 5.82 Å². The molecule has 3 aromatic rings. The molecule has 0 bridgehead atoms. The minimum absolute atomic E-state index is 0.354. The first-order valence-corrected chi connectivity index (χ1v) is 7.52. The third-order valence-corrected chi connectivity index (χ3v) is 3.82. The van der Waals surface area contributed by atoms with Gasteiger partial charge in [0.15, 0.2) is 0 Å². The molecule has 0 spiro atoms. The van der Waals surface area contributed by atoms with E-state index in [1.165, 1.54) is 19.2 Å². The van der Waals surface area contributed by atoms with Crippen LogP contribution in [0.25, 0.3) is 22.0 Å². The van der Waals surface area contributed by atoms with E-state index in [2.05, 4.69) is 11.6 Å². The van der Waals surface area contributed by atoms with Crippen molar-refractivity contribution in [2.45, 2.75) is 6.42 Å². The SMILES string of the molecule is C=CCc1nc(-c2ccccc2)c2cc(F)ccc2c1C(=O)OC. The molecule has 2 aromatic carbocycles. The zero-order valence-electron chi connectivity index (χ0n) is 13.3. The van der Waals surface area contributed by atoms with Crippen molar-refractivity contribution in [3.05, 3.63) is 78.3 Å².